The number of halogens is 1. The Morgan fingerprint density at radius 1 is 1.50 bits per heavy atom. The standard InChI is InChI=1S/C11H14N6O2.ClH/c18-10(9-6-14-11(19)15-9)13-4-7-3-8-5-12-1-2-17(8)16-7;/h3,6,12H,1-2,4-5H2,(H,13,18)(H2,14,15,19);1H. The van der Waals surface area contributed by atoms with E-state index >= 15 is 0 Å². The van der Waals surface area contributed by atoms with E-state index in [9.17, 15) is 9.59 Å². The van der Waals surface area contributed by atoms with Gasteiger partial charge in [0.05, 0.1) is 24.5 Å². The van der Waals surface area contributed by atoms with Crippen molar-refractivity contribution in [2.45, 2.75) is 19.6 Å². The summed E-state index contributed by atoms with van der Waals surface area (Å²) in [7, 11) is 0. The van der Waals surface area contributed by atoms with E-state index in [1.165, 1.54) is 6.20 Å². The molecule has 0 saturated carbocycles. The fourth-order valence-corrected chi connectivity index (χ4v) is 2.06. The van der Waals surface area contributed by atoms with Gasteiger partial charge in [-0.15, -0.1) is 12.4 Å². The Labute approximate surface area is 120 Å². The topological polar surface area (TPSA) is 108 Å². The lowest BCUT2D eigenvalue weighted by molar-refractivity contribution is 0.0945. The molecule has 1 aliphatic rings. The molecule has 0 spiro atoms. The molecule has 1 aliphatic heterocycles. The highest BCUT2D eigenvalue weighted by molar-refractivity contribution is 5.91. The van der Waals surface area contributed by atoms with Gasteiger partial charge in [0, 0.05) is 19.3 Å². The maximum atomic E-state index is 11.7. The summed E-state index contributed by atoms with van der Waals surface area (Å²) in [6.07, 6.45) is 1.35. The Hall–Kier alpha value is -2.06. The van der Waals surface area contributed by atoms with Gasteiger partial charge in [-0.1, -0.05) is 0 Å². The SMILES string of the molecule is Cl.O=C(NCc1cc2n(n1)CCNC2)c1c[nH]c(=O)[nH]1. The molecule has 0 saturated heterocycles. The summed E-state index contributed by atoms with van der Waals surface area (Å²) in [6.45, 7) is 2.89. The van der Waals surface area contributed by atoms with Crippen molar-refractivity contribution < 1.29 is 4.79 Å². The summed E-state index contributed by atoms with van der Waals surface area (Å²) in [4.78, 5) is 27.4. The largest absolute Gasteiger partial charge is 0.345 e. The molecule has 0 fully saturated rings. The van der Waals surface area contributed by atoms with Crippen molar-refractivity contribution in [2.75, 3.05) is 6.54 Å². The maximum absolute atomic E-state index is 11.7. The van der Waals surface area contributed by atoms with Crippen molar-refractivity contribution in [1.29, 1.82) is 0 Å². The normalized spacial score (nSPS) is 13.4. The number of imidazole rings is 1. The van der Waals surface area contributed by atoms with E-state index in [-0.39, 0.29) is 24.0 Å². The van der Waals surface area contributed by atoms with Crippen LogP contribution in [0.3, 0.4) is 0 Å². The summed E-state index contributed by atoms with van der Waals surface area (Å²) >= 11 is 0. The van der Waals surface area contributed by atoms with Crippen LogP contribution in [0.2, 0.25) is 0 Å². The summed E-state index contributed by atoms with van der Waals surface area (Å²) in [6, 6.07) is 1.96. The van der Waals surface area contributed by atoms with E-state index in [1.54, 1.807) is 0 Å². The zero-order chi connectivity index (χ0) is 13.2. The Bertz CT molecular complexity index is 634. The van der Waals surface area contributed by atoms with Crippen LogP contribution in [0, 0.1) is 0 Å². The van der Waals surface area contributed by atoms with Gasteiger partial charge in [0.25, 0.3) is 5.91 Å². The molecule has 0 unspecified atom stereocenters. The zero-order valence-corrected chi connectivity index (χ0v) is 11.4. The average Bonchev–Trinajstić information content (AvgIpc) is 3.01. The Morgan fingerprint density at radius 3 is 3.05 bits per heavy atom. The second kappa shape index (κ2) is 5.93. The van der Waals surface area contributed by atoms with Crippen LogP contribution in [0.5, 0.6) is 0 Å². The number of carbonyl (C=O) groups is 1. The molecule has 0 atom stereocenters. The van der Waals surface area contributed by atoms with Gasteiger partial charge in [-0.25, -0.2) is 4.79 Å². The molecule has 4 N–H and O–H groups in total. The number of H-pyrrole nitrogens is 2. The van der Waals surface area contributed by atoms with Gasteiger partial charge in [-0.05, 0) is 6.07 Å². The molecule has 2 aromatic rings. The second-order valence-electron chi connectivity index (χ2n) is 4.37. The molecular weight excluding hydrogens is 284 g/mol. The molecule has 3 rings (SSSR count). The molecule has 9 heteroatoms. The number of aromatic amines is 2. The van der Waals surface area contributed by atoms with E-state index in [4.69, 9.17) is 0 Å². The molecule has 0 bridgehead atoms. The Balaban J connectivity index is 0.00000147. The van der Waals surface area contributed by atoms with Crippen molar-refractivity contribution in [3.05, 3.63) is 39.8 Å². The quantitative estimate of drug-likeness (QED) is 0.604. The minimum Gasteiger partial charge on any atom is -0.345 e. The third kappa shape index (κ3) is 2.91. The van der Waals surface area contributed by atoms with E-state index < -0.39 is 5.69 Å². The lowest BCUT2D eigenvalue weighted by Crippen LogP contribution is -2.28. The minimum absolute atomic E-state index is 0. The van der Waals surface area contributed by atoms with Gasteiger partial charge >= 0.3 is 5.69 Å². The first kappa shape index (κ1) is 14.4. The van der Waals surface area contributed by atoms with Crippen LogP contribution in [-0.4, -0.2) is 32.2 Å². The van der Waals surface area contributed by atoms with Crippen LogP contribution < -0.4 is 16.3 Å². The molecule has 108 valence electrons. The summed E-state index contributed by atoms with van der Waals surface area (Å²) in [5.74, 6) is -0.331. The number of hydrogen-bond acceptors (Lipinski definition) is 4. The Morgan fingerprint density at radius 2 is 2.35 bits per heavy atom. The van der Waals surface area contributed by atoms with Gasteiger partial charge < -0.3 is 20.6 Å². The van der Waals surface area contributed by atoms with Gasteiger partial charge in [-0.2, -0.15) is 5.10 Å². The number of amides is 1. The molecule has 0 aromatic carbocycles. The zero-order valence-electron chi connectivity index (χ0n) is 10.6. The molecule has 20 heavy (non-hydrogen) atoms. The second-order valence-corrected chi connectivity index (χ2v) is 4.37. The van der Waals surface area contributed by atoms with Crippen molar-refractivity contribution in [1.82, 2.24) is 30.4 Å². The van der Waals surface area contributed by atoms with Crippen LogP contribution in [0.4, 0.5) is 0 Å². The number of hydrogen-bond donors (Lipinski definition) is 4. The highest BCUT2D eigenvalue weighted by Gasteiger charge is 2.13. The van der Waals surface area contributed by atoms with Gasteiger partial charge in [0.1, 0.15) is 5.69 Å². The van der Waals surface area contributed by atoms with E-state index in [0.717, 1.165) is 31.0 Å². The monoisotopic (exact) mass is 298 g/mol. The molecule has 3 heterocycles. The van der Waals surface area contributed by atoms with Crippen LogP contribution in [0.1, 0.15) is 21.9 Å². The van der Waals surface area contributed by atoms with Crippen LogP contribution in [0.15, 0.2) is 17.1 Å². The first-order valence-corrected chi connectivity index (χ1v) is 6.04. The third-order valence-electron chi connectivity index (χ3n) is 2.99. The fourth-order valence-electron chi connectivity index (χ4n) is 2.06. The first-order chi connectivity index (χ1) is 9.22. The minimum atomic E-state index is -0.395. The van der Waals surface area contributed by atoms with Crippen molar-refractivity contribution in [3.63, 3.8) is 0 Å². The average molecular weight is 299 g/mol. The van der Waals surface area contributed by atoms with Gasteiger partial charge in [0.15, 0.2) is 0 Å². The predicted molar refractivity (Wildman–Crippen MR) is 73.8 cm³/mol. The number of carbonyl (C=O) groups excluding carboxylic acids is 1. The number of fused-ring (bicyclic) bond motifs is 1. The molecule has 2 aromatic heterocycles. The fraction of sp³-hybridized carbons (Fsp3) is 0.364. The highest BCUT2D eigenvalue weighted by atomic mass is 35.5. The molecule has 1 amide bonds. The number of aromatic nitrogens is 4. The smallest absolute Gasteiger partial charge is 0.323 e. The van der Waals surface area contributed by atoms with Crippen molar-refractivity contribution in [2.24, 2.45) is 0 Å². The van der Waals surface area contributed by atoms with Crippen LogP contribution in [0.25, 0.3) is 0 Å². The molecule has 0 aliphatic carbocycles. The van der Waals surface area contributed by atoms with E-state index in [1.807, 2.05) is 10.7 Å². The maximum Gasteiger partial charge on any atom is 0.323 e. The summed E-state index contributed by atoms with van der Waals surface area (Å²) in [5.41, 5.74) is 1.75. The van der Waals surface area contributed by atoms with Crippen LogP contribution in [-0.2, 0) is 19.6 Å². The molecular formula is C11H15ClN6O2. The van der Waals surface area contributed by atoms with Crippen molar-refractivity contribution in [3.8, 4) is 0 Å². The Kier molecular flexibility index (Phi) is 4.26. The number of nitrogens with zero attached hydrogens (tertiary/aromatic N) is 2. The lowest BCUT2D eigenvalue weighted by atomic mass is 10.3. The number of nitrogens with one attached hydrogen (secondary N) is 4. The van der Waals surface area contributed by atoms with E-state index in [0.29, 0.717) is 6.54 Å². The van der Waals surface area contributed by atoms with Gasteiger partial charge in [-0.3, -0.25) is 9.48 Å². The molecule has 8 nitrogen and oxygen atoms in total. The van der Waals surface area contributed by atoms with Crippen LogP contribution >= 0.6 is 12.4 Å². The highest BCUT2D eigenvalue weighted by Crippen LogP contribution is 2.07. The van der Waals surface area contributed by atoms with E-state index in [2.05, 4.69) is 25.7 Å². The summed E-state index contributed by atoms with van der Waals surface area (Å²) in [5, 5.41) is 10.4. The third-order valence-corrected chi connectivity index (χ3v) is 2.99. The van der Waals surface area contributed by atoms with Crippen molar-refractivity contribution >= 4 is 18.3 Å². The summed E-state index contributed by atoms with van der Waals surface area (Å²) < 4.78 is 1.94. The van der Waals surface area contributed by atoms with Gasteiger partial charge in [0.2, 0.25) is 0 Å². The molecule has 0 radical (unpaired) electrons. The predicted octanol–water partition coefficient (Wildman–Crippen LogP) is -0.646. The first-order valence-electron chi connectivity index (χ1n) is 6.04. The number of rotatable bonds is 3. The lowest BCUT2D eigenvalue weighted by Gasteiger charge is -2.13.